The SMILES string of the molecule is Cn1c(CCN2CCCC2)nc2cc(NC(=O)c3ccc(Cl)cc3)ccc21. The molecular weight excluding hydrogens is 360 g/mol. The van der Waals surface area contributed by atoms with E-state index < -0.39 is 0 Å². The van der Waals surface area contributed by atoms with Crippen LogP contribution in [0.25, 0.3) is 11.0 Å². The molecule has 1 aliphatic rings. The number of carbonyl (C=O) groups is 1. The van der Waals surface area contributed by atoms with Gasteiger partial charge in [0, 0.05) is 36.3 Å². The molecule has 1 saturated heterocycles. The van der Waals surface area contributed by atoms with Crippen molar-refractivity contribution in [2.24, 2.45) is 7.05 Å². The molecule has 0 unspecified atom stereocenters. The topological polar surface area (TPSA) is 50.2 Å². The Kier molecular flexibility index (Phi) is 5.14. The van der Waals surface area contributed by atoms with Crippen LogP contribution in [0.3, 0.4) is 0 Å². The number of nitrogens with one attached hydrogen (secondary N) is 1. The minimum atomic E-state index is -0.156. The molecule has 1 N–H and O–H groups in total. The van der Waals surface area contributed by atoms with E-state index in [1.807, 2.05) is 18.2 Å². The average molecular weight is 383 g/mol. The van der Waals surface area contributed by atoms with Crippen molar-refractivity contribution < 1.29 is 4.79 Å². The van der Waals surface area contributed by atoms with Gasteiger partial charge in [-0.15, -0.1) is 0 Å². The molecule has 1 aromatic heterocycles. The molecule has 2 heterocycles. The number of nitrogens with zero attached hydrogens (tertiary/aromatic N) is 3. The molecule has 0 atom stereocenters. The molecule has 4 rings (SSSR count). The lowest BCUT2D eigenvalue weighted by atomic mass is 10.2. The summed E-state index contributed by atoms with van der Waals surface area (Å²) in [5.74, 6) is 0.925. The van der Waals surface area contributed by atoms with E-state index in [1.54, 1.807) is 24.3 Å². The molecule has 140 valence electrons. The van der Waals surface area contributed by atoms with Crippen molar-refractivity contribution in [3.63, 3.8) is 0 Å². The van der Waals surface area contributed by atoms with Crippen molar-refractivity contribution in [1.29, 1.82) is 0 Å². The molecule has 1 fully saturated rings. The second kappa shape index (κ2) is 7.71. The van der Waals surface area contributed by atoms with E-state index in [9.17, 15) is 4.79 Å². The Balaban J connectivity index is 1.49. The lowest BCUT2D eigenvalue weighted by molar-refractivity contribution is 0.102. The molecule has 6 heteroatoms. The zero-order valence-electron chi connectivity index (χ0n) is 15.4. The molecule has 0 radical (unpaired) electrons. The van der Waals surface area contributed by atoms with E-state index in [0.717, 1.165) is 35.5 Å². The minimum absolute atomic E-state index is 0.156. The maximum atomic E-state index is 12.4. The van der Waals surface area contributed by atoms with Gasteiger partial charge in [-0.1, -0.05) is 11.6 Å². The highest BCUT2D eigenvalue weighted by Crippen LogP contribution is 2.21. The summed E-state index contributed by atoms with van der Waals surface area (Å²) in [6.07, 6.45) is 3.55. The number of hydrogen-bond donors (Lipinski definition) is 1. The number of amides is 1. The van der Waals surface area contributed by atoms with Gasteiger partial charge in [-0.2, -0.15) is 0 Å². The molecule has 27 heavy (non-hydrogen) atoms. The number of anilines is 1. The highest BCUT2D eigenvalue weighted by Gasteiger charge is 2.14. The first-order valence-corrected chi connectivity index (χ1v) is 9.72. The van der Waals surface area contributed by atoms with E-state index in [0.29, 0.717) is 10.6 Å². The lowest BCUT2D eigenvalue weighted by Gasteiger charge is -2.13. The van der Waals surface area contributed by atoms with Gasteiger partial charge in [0.1, 0.15) is 5.82 Å². The number of likely N-dealkylation sites (tertiary alicyclic amines) is 1. The number of aryl methyl sites for hydroxylation is 1. The number of halogens is 1. The number of hydrogen-bond acceptors (Lipinski definition) is 3. The van der Waals surface area contributed by atoms with Crippen LogP contribution in [0, 0.1) is 0 Å². The van der Waals surface area contributed by atoms with Crippen molar-refractivity contribution in [2.75, 3.05) is 25.0 Å². The Morgan fingerprint density at radius 1 is 1.15 bits per heavy atom. The second-order valence-corrected chi connectivity index (χ2v) is 7.49. The second-order valence-electron chi connectivity index (χ2n) is 7.05. The summed E-state index contributed by atoms with van der Waals surface area (Å²) < 4.78 is 2.15. The monoisotopic (exact) mass is 382 g/mol. The van der Waals surface area contributed by atoms with Gasteiger partial charge >= 0.3 is 0 Å². The number of rotatable bonds is 5. The Hall–Kier alpha value is -2.37. The van der Waals surface area contributed by atoms with Gasteiger partial charge in [0.2, 0.25) is 0 Å². The predicted molar refractivity (Wildman–Crippen MR) is 109 cm³/mol. The number of imidazole rings is 1. The summed E-state index contributed by atoms with van der Waals surface area (Å²) in [6, 6.07) is 12.7. The maximum Gasteiger partial charge on any atom is 0.255 e. The Morgan fingerprint density at radius 3 is 2.63 bits per heavy atom. The summed E-state index contributed by atoms with van der Waals surface area (Å²) in [7, 11) is 2.06. The molecule has 5 nitrogen and oxygen atoms in total. The van der Waals surface area contributed by atoms with Crippen LogP contribution in [0.2, 0.25) is 5.02 Å². The summed E-state index contributed by atoms with van der Waals surface area (Å²) >= 11 is 5.88. The third-order valence-electron chi connectivity index (χ3n) is 5.19. The molecule has 1 aliphatic heterocycles. The van der Waals surface area contributed by atoms with Crippen molar-refractivity contribution in [2.45, 2.75) is 19.3 Å². The molecular formula is C21H23ClN4O. The average Bonchev–Trinajstić information content (AvgIpc) is 3.28. The standard InChI is InChI=1S/C21H23ClN4O/c1-25-19-9-8-17(23-21(27)15-4-6-16(22)7-5-15)14-18(19)24-20(25)10-13-26-11-2-3-12-26/h4-9,14H,2-3,10-13H2,1H3,(H,23,27). The maximum absolute atomic E-state index is 12.4. The van der Waals surface area contributed by atoms with Gasteiger partial charge in [0.15, 0.2) is 0 Å². The molecule has 3 aromatic rings. The smallest absolute Gasteiger partial charge is 0.255 e. The Labute approximate surface area is 163 Å². The van der Waals surface area contributed by atoms with E-state index in [4.69, 9.17) is 16.6 Å². The first kappa shape index (κ1) is 18.0. The quantitative estimate of drug-likeness (QED) is 0.722. The van der Waals surface area contributed by atoms with Gasteiger partial charge < -0.3 is 14.8 Å². The highest BCUT2D eigenvalue weighted by molar-refractivity contribution is 6.30. The predicted octanol–water partition coefficient (Wildman–Crippen LogP) is 4.12. The van der Waals surface area contributed by atoms with Gasteiger partial charge in [-0.05, 0) is 68.4 Å². The van der Waals surface area contributed by atoms with Gasteiger partial charge in [0.05, 0.1) is 11.0 Å². The fourth-order valence-electron chi connectivity index (χ4n) is 3.62. The zero-order chi connectivity index (χ0) is 18.8. The van der Waals surface area contributed by atoms with E-state index in [-0.39, 0.29) is 5.91 Å². The summed E-state index contributed by atoms with van der Waals surface area (Å²) in [4.78, 5) is 19.7. The first-order chi connectivity index (χ1) is 13.1. The summed E-state index contributed by atoms with van der Waals surface area (Å²) in [5.41, 5.74) is 3.30. The summed E-state index contributed by atoms with van der Waals surface area (Å²) in [5, 5.41) is 3.55. The van der Waals surface area contributed by atoms with Gasteiger partial charge in [0.25, 0.3) is 5.91 Å². The number of carbonyl (C=O) groups excluding carboxylic acids is 1. The largest absolute Gasteiger partial charge is 0.331 e. The number of fused-ring (bicyclic) bond motifs is 1. The van der Waals surface area contributed by atoms with Crippen LogP contribution in [0.4, 0.5) is 5.69 Å². The van der Waals surface area contributed by atoms with Crippen LogP contribution in [0.15, 0.2) is 42.5 Å². The van der Waals surface area contributed by atoms with Crippen LogP contribution in [-0.2, 0) is 13.5 Å². The van der Waals surface area contributed by atoms with Crippen LogP contribution in [-0.4, -0.2) is 40.0 Å². The Bertz CT molecular complexity index is 958. The normalized spacial score (nSPS) is 14.7. The van der Waals surface area contributed by atoms with Crippen molar-refractivity contribution in [1.82, 2.24) is 14.5 Å². The van der Waals surface area contributed by atoms with E-state index in [1.165, 1.54) is 25.9 Å². The summed E-state index contributed by atoms with van der Waals surface area (Å²) in [6.45, 7) is 3.45. The van der Waals surface area contributed by atoms with Crippen LogP contribution in [0.1, 0.15) is 29.0 Å². The lowest BCUT2D eigenvalue weighted by Crippen LogP contribution is -2.22. The first-order valence-electron chi connectivity index (χ1n) is 9.35. The molecule has 0 aliphatic carbocycles. The van der Waals surface area contributed by atoms with Crippen molar-refractivity contribution in [3.8, 4) is 0 Å². The number of aromatic nitrogens is 2. The zero-order valence-corrected chi connectivity index (χ0v) is 16.2. The van der Waals surface area contributed by atoms with Crippen molar-refractivity contribution in [3.05, 3.63) is 58.9 Å². The van der Waals surface area contributed by atoms with Crippen molar-refractivity contribution >= 4 is 34.2 Å². The third-order valence-corrected chi connectivity index (χ3v) is 5.44. The molecule has 0 bridgehead atoms. The Morgan fingerprint density at radius 2 is 1.89 bits per heavy atom. The van der Waals surface area contributed by atoms with Crippen LogP contribution in [0.5, 0.6) is 0 Å². The van der Waals surface area contributed by atoms with Gasteiger partial charge in [-0.25, -0.2) is 4.98 Å². The fraction of sp³-hybridized carbons (Fsp3) is 0.333. The fourth-order valence-corrected chi connectivity index (χ4v) is 3.75. The highest BCUT2D eigenvalue weighted by atomic mass is 35.5. The molecule has 0 spiro atoms. The number of benzene rings is 2. The van der Waals surface area contributed by atoms with E-state index in [2.05, 4.69) is 21.8 Å². The molecule has 1 amide bonds. The van der Waals surface area contributed by atoms with Crippen LogP contribution >= 0.6 is 11.6 Å². The molecule has 0 saturated carbocycles. The molecule has 2 aromatic carbocycles. The third kappa shape index (κ3) is 3.99. The van der Waals surface area contributed by atoms with Crippen LogP contribution < -0.4 is 5.32 Å². The van der Waals surface area contributed by atoms with E-state index >= 15 is 0 Å². The van der Waals surface area contributed by atoms with Gasteiger partial charge in [-0.3, -0.25) is 4.79 Å². The minimum Gasteiger partial charge on any atom is -0.331 e.